The predicted molar refractivity (Wildman–Crippen MR) is 43.8 cm³/mol. The molecule has 0 aromatic rings. The van der Waals surface area contributed by atoms with E-state index in [-0.39, 0.29) is 0 Å². The van der Waals surface area contributed by atoms with Crippen LogP contribution in [-0.4, -0.2) is 0 Å². The molecule has 4 atom stereocenters. The highest BCUT2D eigenvalue weighted by molar-refractivity contribution is 4.90. The van der Waals surface area contributed by atoms with Gasteiger partial charge in [-0.2, -0.15) is 0 Å². The number of rotatable bonds is 0. The van der Waals surface area contributed by atoms with E-state index in [4.69, 9.17) is 0 Å². The van der Waals surface area contributed by atoms with Gasteiger partial charge in [0.2, 0.25) is 0 Å². The third kappa shape index (κ3) is 0.810. The summed E-state index contributed by atoms with van der Waals surface area (Å²) in [7, 11) is 0. The number of hydrogen-bond acceptors (Lipinski definition) is 0. The van der Waals surface area contributed by atoms with Gasteiger partial charge in [-0.25, -0.2) is 0 Å². The Labute approximate surface area is 64.0 Å². The Kier molecular flexibility index (Phi) is 1.51. The van der Waals surface area contributed by atoms with Gasteiger partial charge < -0.3 is 0 Å². The second kappa shape index (κ2) is 2.25. The zero-order chi connectivity index (χ0) is 7.14. The average Bonchev–Trinajstić information content (AvgIpc) is 2.41. The Hall–Kier alpha value is 0. The van der Waals surface area contributed by atoms with Crippen LogP contribution in [0.4, 0.5) is 0 Å². The quantitative estimate of drug-likeness (QED) is 0.482. The van der Waals surface area contributed by atoms with Crippen LogP contribution >= 0.6 is 0 Å². The van der Waals surface area contributed by atoms with Crippen molar-refractivity contribution in [2.75, 3.05) is 0 Å². The highest BCUT2D eigenvalue weighted by atomic mass is 14.5. The standard InChI is InChI=1S/C10H18/c1-7-3-5-10-8(2)4-6-9(7)10/h7-10H,3-6H2,1-2H3/t7?,8?,9-,10-/m1/s1. The molecule has 2 aliphatic rings. The van der Waals surface area contributed by atoms with Crippen molar-refractivity contribution in [3.05, 3.63) is 0 Å². The summed E-state index contributed by atoms with van der Waals surface area (Å²) in [6.07, 6.45) is 6.10. The molecule has 0 aromatic carbocycles. The van der Waals surface area contributed by atoms with E-state index < -0.39 is 0 Å². The number of fused-ring (bicyclic) bond motifs is 1. The normalized spacial score (nSPS) is 53.4. The summed E-state index contributed by atoms with van der Waals surface area (Å²) >= 11 is 0. The van der Waals surface area contributed by atoms with E-state index in [0.29, 0.717) is 0 Å². The maximum Gasteiger partial charge on any atom is -0.0357 e. The molecule has 0 radical (unpaired) electrons. The lowest BCUT2D eigenvalue weighted by atomic mass is 9.91. The molecule has 0 amide bonds. The van der Waals surface area contributed by atoms with Gasteiger partial charge in [0.25, 0.3) is 0 Å². The van der Waals surface area contributed by atoms with Crippen molar-refractivity contribution >= 4 is 0 Å². The van der Waals surface area contributed by atoms with Crippen molar-refractivity contribution in [1.29, 1.82) is 0 Å². The van der Waals surface area contributed by atoms with Gasteiger partial charge in [0.1, 0.15) is 0 Å². The van der Waals surface area contributed by atoms with Crippen LogP contribution in [0.1, 0.15) is 39.5 Å². The molecule has 2 saturated carbocycles. The van der Waals surface area contributed by atoms with Crippen molar-refractivity contribution in [1.82, 2.24) is 0 Å². The van der Waals surface area contributed by atoms with Gasteiger partial charge in [0, 0.05) is 0 Å². The van der Waals surface area contributed by atoms with E-state index in [9.17, 15) is 0 Å². The second-order valence-electron chi connectivity index (χ2n) is 4.44. The van der Waals surface area contributed by atoms with Crippen molar-refractivity contribution < 1.29 is 0 Å². The lowest BCUT2D eigenvalue weighted by molar-refractivity contribution is 0.339. The minimum Gasteiger partial charge on any atom is -0.0622 e. The summed E-state index contributed by atoms with van der Waals surface area (Å²) in [5.41, 5.74) is 0. The van der Waals surface area contributed by atoms with Crippen molar-refractivity contribution in [2.24, 2.45) is 23.7 Å². The van der Waals surface area contributed by atoms with Crippen LogP contribution in [0.15, 0.2) is 0 Å². The predicted octanol–water partition coefficient (Wildman–Crippen LogP) is 3.08. The van der Waals surface area contributed by atoms with Crippen LogP contribution in [0.5, 0.6) is 0 Å². The fourth-order valence-electron chi connectivity index (χ4n) is 3.18. The van der Waals surface area contributed by atoms with E-state index in [1.807, 2.05) is 0 Å². The molecule has 0 nitrogen and oxygen atoms in total. The average molecular weight is 138 g/mol. The summed E-state index contributed by atoms with van der Waals surface area (Å²) in [5.74, 6) is 4.34. The molecule has 0 heteroatoms. The minimum atomic E-state index is 1.05. The molecule has 0 heterocycles. The van der Waals surface area contributed by atoms with Crippen LogP contribution in [0, 0.1) is 23.7 Å². The van der Waals surface area contributed by atoms with Gasteiger partial charge in [0.05, 0.1) is 0 Å². The molecule has 0 bridgehead atoms. The van der Waals surface area contributed by atoms with Gasteiger partial charge >= 0.3 is 0 Å². The van der Waals surface area contributed by atoms with Gasteiger partial charge in [-0.15, -0.1) is 0 Å². The fraction of sp³-hybridized carbons (Fsp3) is 1.00. The molecule has 58 valence electrons. The zero-order valence-electron chi connectivity index (χ0n) is 7.14. The van der Waals surface area contributed by atoms with E-state index in [1.54, 1.807) is 0 Å². The van der Waals surface area contributed by atoms with Crippen LogP contribution in [-0.2, 0) is 0 Å². The Morgan fingerprint density at radius 2 is 1.10 bits per heavy atom. The van der Waals surface area contributed by atoms with Crippen LogP contribution in [0.25, 0.3) is 0 Å². The molecule has 2 unspecified atom stereocenters. The van der Waals surface area contributed by atoms with Crippen molar-refractivity contribution in [2.45, 2.75) is 39.5 Å². The highest BCUT2D eigenvalue weighted by Crippen LogP contribution is 2.50. The molecule has 2 fully saturated rings. The first kappa shape index (κ1) is 6.69. The van der Waals surface area contributed by atoms with Gasteiger partial charge in [-0.1, -0.05) is 26.7 Å². The highest BCUT2D eigenvalue weighted by Gasteiger charge is 2.40. The molecule has 0 spiro atoms. The molecular formula is C10H18. The fourth-order valence-corrected chi connectivity index (χ4v) is 3.18. The monoisotopic (exact) mass is 138 g/mol. The van der Waals surface area contributed by atoms with Crippen molar-refractivity contribution in [3.8, 4) is 0 Å². The van der Waals surface area contributed by atoms with Crippen LogP contribution < -0.4 is 0 Å². The second-order valence-corrected chi connectivity index (χ2v) is 4.44. The first-order valence-electron chi connectivity index (χ1n) is 4.79. The van der Waals surface area contributed by atoms with E-state index in [2.05, 4.69) is 13.8 Å². The summed E-state index contributed by atoms with van der Waals surface area (Å²) in [4.78, 5) is 0. The Morgan fingerprint density at radius 1 is 0.700 bits per heavy atom. The summed E-state index contributed by atoms with van der Waals surface area (Å²) in [5, 5.41) is 0. The molecule has 0 N–H and O–H groups in total. The Balaban J connectivity index is 2.09. The first-order valence-corrected chi connectivity index (χ1v) is 4.79. The minimum absolute atomic E-state index is 1.05. The molecule has 10 heavy (non-hydrogen) atoms. The third-order valence-electron chi connectivity index (χ3n) is 3.92. The lowest BCUT2D eigenvalue weighted by Crippen LogP contribution is -2.08. The SMILES string of the molecule is CC1CC[C@@H]2C(C)CC[C@H]12. The van der Waals surface area contributed by atoms with Crippen LogP contribution in [0.3, 0.4) is 0 Å². The maximum atomic E-state index is 2.45. The lowest BCUT2D eigenvalue weighted by Gasteiger charge is -2.15. The van der Waals surface area contributed by atoms with Gasteiger partial charge in [-0.05, 0) is 36.5 Å². The van der Waals surface area contributed by atoms with Gasteiger partial charge in [0.15, 0.2) is 0 Å². The van der Waals surface area contributed by atoms with E-state index in [1.165, 1.54) is 25.7 Å². The van der Waals surface area contributed by atoms with E-state index >= 15 is 0 Å². The Bertz CT molecular complexity index is 112. The summed E-state index contributed by atoms with van der Waals surface area (Å²) in [6.45, 7) is 4.89. The molecule has 0 saturated heterocycles. The van der Waals surface area contributed by atoms with Gasteiger partial charge in [-0.3, -0.25) is 0 Å². The topological polar surface area (TPSA) is 0 Å². The third-order valence-corrected chi connectivity index (χ3v) is 3.92. The zero-order valence-corrected chi connectivity index (χ0v) is 7.14. The first-order chi connectivity index (χ1) is 4.79. The largest absolute Gasteiger partial charge is 0.0622 e. The molecule has 2 aliphatic carbocycles. The van der Waals surface area contributed by atoms with Crippen LogP contribution in [0.2, 0.25) is 0 Å². The molecule has 2 rings (SSSR count). The Morgan fingerprint density at radius 3 is 1.50 bits per heavy atom. The summed E-state index contributed by atoms with van der Waals surface area (Å²) in [6, 6.07) is 0. The van der Waals surface area contributed by atoms with Crippen molar-refractivity contribution in [3.63, 3.8) is 0 Å². The molecule has 0 aromatic heterocycles. The summed E-state index contributed by atoms with van der Waals surface area (Å²) < 4.78 is 0. The van der Waals surface area contributed by atoms with E-state index in [0.717, 1.165) is 23.7 Å². The number of hydrogen-bond donors (Lipinski definition) is 0. The smallest absolute Gasteiger partial charge is 0.0357 e. The molecule has 0 aliphatic heterocycles. The maximum absolute atomic E-state index is 2.45. The molecular weight excluding hydrogens is 120 g/mol.